The number of carbonyl (C=O) groups excluding carboxylic acids is 1. The van der Waals surface area contributed by atoms with Crippen molar-refractivity contribution in [1.82, 2.24) is 4.98 Å². The average molecular weight is 407 g/mol. The fraction of sp³-hybridized carbons (Fsp3) is 0.130. The minimum absolute atomic E-state index is 0.262. The lowest BCUT2D eigenvalue weighted by Gasteiger charge is -2.23. The number of pyridine rings is 1. The third-order valence-corrected chi connectivity index (χ3v) is 4.87. The Morgan fingerprint density at radius 2 is 1.69 bits per heavy atom. The van der Waals surface area contributed by atoms with E-state index in [1.54, 1.807) is 38.1 Å². The maximum absolute atomic E-state index is 13.1. The van der Waals surface area contributed by atoms with Crippen LogP contribution < -0.4 is 14.5 Å². The van der Waals surface area contributed by atoms with Gasteiger partial charge in [0, 0.05) is 16.7 Å². The van der Waals surface area contributed by atoms with Crippen molar-refractivity contribution in [2.24, 2.45) is 0 Å². The number of hydrogen-bond acceptors (Lipinski definition) is 2. The Kier molecular flexibility index (Phi) is 4.99. The van der Waals surface area contributed by atoms with E-state index in [2.05, 4.69) is 10.3 Å². The molecule has 0 radical (unpaired) electrons. The number of aromatic amines is 1. The first-order valence-corrected chi connectivity index (χ1v) is 9.66. The summed E-state index contributed by atoms with van der Waals surface area (Å²) in [6.07, 6.45) is 1.90. The summed E-state index contributed by atoms with van der Waals surface area (Å²) < 4.78 is 7.85. The molecule has 5 nitrogen and oxygen atoms in total. The summed E-state index contributed by atoms with van der Waals surface area (Å²) in [5, 5.41) is 3.66. The Balaban J connectivity index is 1.67. The van der Waals surface area contributed by atoms with Gasteiger partial charge in [-0.05, 0) is 44.2 Å². The SMILES string of the molecule is CC(C)(Oc1ccc(Cl)cc1)C(=O)Nc1c(-c2ccccc2)[nH]c2cccc[n+]12. The van der Waals surface area contributed by atoms with Gasteiger partial charge in [-0.2, -0.15) is 0 Å². The first-order valence-electron chi connectivity index (χ1n) is 9.28. The van der Waals surface area contributed by atoms with Crippen molar-refractivity contribution >= 4 is 29.0 Å². The summed E-state index contributed by atoms with van der Waals surface area (Å²) in [5.41, 5.74) is 1.58. The molecule has 1 amide bonds. The smallest absolute Gasteiger partial charge is 0.323 e. The Morgan fingerprint density at radius 3 is 2.41 bits per heavy atom. The highest BCUT2D eigenvalue weighted by molar-refractivity contribution is 6.30. The molecule has 4 rings (SSSR count). The van der Waals surface area contributed by atoms with Crippen molar-refractivity contribution in [2.75, 3.05) is 5.32 Å². The highest BCUT2D eigenvalue weighted by atomic mass is 35.5. The summed E-state index contributed by atoms with van der Waals surface area (Å²) in [6, 6.07) is 22.6. The van der Waals surface area contributed by atoms with Gasteiger partial charge in [0.05, 0.1) is 6.20 Å². The number of aromatic nitrogens is 2. The molecule has 29 heavy (non-hydrogen) atoms. The number of halogens is 1. The quantitative estimate of drug-likeness (QED) is 0.464. The van der Waals surface area contributed by atoms with Crippen LogP contribution in [0.4, 0.5) is 5.82 Å². The van der Waals surface area contributed by atoms with E-state index in [1.807, 2.05) is 59.1 Å². The maximum atomic E-state index is 13.1. The summed E-state index contributed by atoms with van der Waals surface area (Å²) in [7, 11) is 0. The number of carbonyl (C=O) groups is 1. The van der Waals surface area contributed by atoms with Gasteiger partial charge in [-0.1, -0.05) is 48.0 Å². The van der Waals surface area contributed by atoms with E-state index in [4.69, 9.17) is 16.3 Å². The number of ether oxygens (including phenoxy) is 1. The highest BCUT2D eigenvalue weighted by Crippen LogP contribution is 2.27. The van der Waals surface area contributed by atoms with Gasteiger partial charge in [-0.25, -0.2) is 9.72 Å². The zero-order valence-corrected chi connectivity index (χ0v) is 16.9. The average Bonchev–Trinajstić information content (AvgIpc) is 3.09. The minimum atomic E-state index is -1.10. The van der Waals surface area contributed by atoms with E-state index in [0.29, 0.717) is 16.6 Å². The zero-order chi connectivity index (χ0) is 20.4. The molecule has 146 valence electrons. The molecule has 2 aromatic carbocycles. The number of hydrogen-bond donors (Lipinski definition) is 2. The predicted octanol–water partition coefficient (Wildman–Crippen LogP) is 4.87. The Morgan fingerprint density at radius 1 is 1.00 bits per heavy atom. The van der Waals surface area contributed by atoms with E-state index in [9.17, 15) is 4.79 Å². The van der Waals surface area contributed by atoms with Crippen LogP contribution in [0.5, 0.6) is 5.75 Å². The zero-order valence-electron chi connectivity index (χ0n) is 16.1. The van der Waals surface area contributed by atoms with E-state index in [-0.39, 0.29) is 5.91 Å². The summed E-state index contributed by atoms with van der Waals surface area (Å²) in [4.78, 5) is 16.5. The Hall–Kier alpha value is -3.31. The number of H-pyrrole nitrogens is 1. The van der Waals surface area contributed by atoms with Crippen molar-refractivity contribution < 1.29 is 13.9 Å². The van der Waals surface area contributed by atoms with Crippen molar-refractivity contribution in [1.29, 1.82) is 0 Å². The van der Waals surface area contributed by atoms with Gasteiger partial charge in [-0.15, -0.1) is 0 Å². The number of fused-ring (bicyclic) bond motifs is 1. The minimum Gasteiger partial charge on any atom is -0.476 e. The molecule has 0 aliphatic heterocycles. The third kappa shape index (κ3) is 3.96. The predicted molar refractivity (Wildman–Crippen MR) is 114 cm³/mol. The van der Waals surface area contributed by atoms with Crippen LogP contribution in [0.2, 0.25) is 5.02 Å². The molecule has 4 aromatic rings. The number of rotatable bonds is 5. The standard InChI is InChI=1S/C23H20ClN3O2/c1-23(2,29-18-13-11-17(24)12-14-18)22(28)26-21-20(16-8-4-3-5-9-16)25-19-10-6-7-15-27(19)21/h3-15H,1-2H3,(H,26,28)/p+1. The van der Waals surface area contributed by atoms with Crippen LogP contribution in [-0.2, 0) is 4.79 Å². The molecule has 0 bridgehead atoms. The van der Waals surface area contributed by atoms with Gasteiger partial charge in [0.25, 0.3) is 5.82 Å². The van der Waals surface area contributed by atoms with Gasteiger partial charge in [0.2, 0.25) is 5.65 Å². The second kappa shape index (κ2) is 7.60. The van der Waals surface area contributed by atoms with Crippen molar-refractivity contribution in [3.8, 4) is 17.0 Å². The van der Waals surface area contributed by atoms with Crippen LogP contribution in [0.1, 0.15) is 13.8 Å². The number of amides is 1. The molecule has 0 unspecified atom stereocenters. The number of imidazole rings is 1. The van der Waals surface area contributed by atoms with Crippen LogP contribution in [0, 0.1) is 0 Å². The molecule has 6 heteroatoms. The monoisotopic (exact) mass is 406 g/mol. The lowest BCUT2D eigenvalue weighted by Crippen LogP contribution is -2.44. The van der Waals surface area contributed by atoms with Crippen LogP contribution in [0.3, 0.4) is 0 Å². The molecule has 0 aliphatic rings. The number of nitrogens with one attached hydrogen (secondary N) is 2. The van der Waals surface area contributed by atoms with Crippen LogP contribution in [-0.4, -0.2) is 16.5 Å². The fourth-order valence-corrected chi connectivity index (χ4v) is 3.21. The Labute approximate surface area is 173 Å². The van der Waals surface area contributed by atoms with Crippen LogP contribution in [0.15, 0.2) is 79.0 Å². The molecule has 2 N–H and O–H groups in total. The second-order valence-corrected chi connectivity index (χ2v) is 7.63. The molecule has 0 fully saturated rings. The van der Waals surface area contributed by atoms with Gasteiger partial charge in [0.1, 0.15) is 5.75 Å². The largest absolute Gasteiger partial charge is 0.476 e. The van der Waals surface area contributed by atoms with E-state index < -0.39 is 5.60 Å². The third-order valence-electron chi connectivity index (χ3n) is 4.62. The van der Waals surface area contributed by atoms with Gasteiger partial charge < -0.3 is 4.74 Å². The molecule has 2 aromatic heterocycles. The normalized spacial score (nSPS) is 11.4. The second-order valence-electron chi connectivity index (χ2n) is 7.19. The molecular weight excluding hydrogens is 386 g/mol. The van der Waals surface area contributed by atoms with E-state index >= 15 is 0 Å². The Bertz CT molecular complexity index is 1150. The van der Waals surface area contributed by atoms with Gasteiger partial charge >= 0.3 is 5.91 Å². The van der Waals surface area contributed by atoms with E-state index in [0.717, 1.165) is 16.9 Å². The summed E-state index contributed by atoms with van der Waals surface area (Å²) in [5.74, 6) is 0.968. The number of anilines is 1. The molecular formula is C23H21ClN3O2+. The maximum Gasteiger partial charge on any atom is 0.323 e. The van der Waals surface area contributed by atoms with Gasteiger partial charge in [-0.3, -0.25) is 9.78 Å². The van der Waals surface area contributed by atoms with Crippen LogP contribution >= 0.6 is 11.6 Å². The van der Waals surface area contributed by atoms with Gasteiger partial charge in [0.15, 0.2) is 11.3 Å². The highest BCUT2D eigenvalue weighted by Gasteiger charge is 2.35. The first kappa shape index (κ1) is 19.0. The lowest BCUT2D eigenvalue weighted by molar-refractivity contribution is -0.494. The molecule has 0 saturated heterocycles. The molecule has 0 saturated carbocycles. The summed E-state index contributed by atoms with van der Waals surface area (Å²) in [6.45, 7) is 3.47. The first-order chi connectivity index (χ1) is 13.9. The summed E-state index contributed by atoms with van der Waals surface area (Å²) >= 11 is 5.93. The van der Waals surface area contributed by atoms with Crippen molar-refractivity contribution in [3.05, 3.63) is 84.0 Å². The van der Waals surface area contributed by atoms with Crippen LogP contribution in [0.25, 0.3) is 16.9 Å². The molecule has 2 heterocycles. The topological polar surface area (TPSA) is 58.2 Å². The van der Waals surface area contributed by atoms with Crippen molar-refractivity contribution in [3.63, 3.8) is 0 Å². The van der Waals surface area contributed by atoms with E-state index in [1.165, 1.54) is 0 Å². The molecule has 0 spiro atoms. The number of benzene rings is 2. The lowest BCUT2D eigenvalue weighted by atomic mass is 10.1. The van der Waals surface area contributed by atoms with Crippen molar-refractivity contribution in [2.45, 2.75) is 19.4 Å². The number of nitrogens with zero attached hydrogens (tertiary/aromatic N) is 1. The molecule has 0 atom stereocenters. The fourth-order valence-electron chi connectivity index (χ4n) is 3.09. The molecule has 0 aliphatic carbocycles.